The van der Waals surface area contributed by atoms with Crippen LogP contribution < -0.4 is 20.8 Å². The van der Waals surface area contributed by atoms with Gasteiger partial charge in [-0.25, -0.2) is 4.79 Å². The summed E-state index contributed by atoms with van der Waals surface area (Å²) in [5, 5.41) is 13.7. The number of carboxylic acids is 1. The van der Waals surface area contributed by atoms with Crippen molar-refractivity contribution in [1.82, 2.24) is 5.32 Å². The van der Waals surface area contributed by atoms with E-state index in [1.165, 1.54) is 6.07 Å². The van der Waals surface area contributed by atoms with Gasteiger partial charge in [0.1, 0.15) is 11.3 Å². The van der Waals surface area contributed by atoms with Gasteiger partial charge in [0.2, 0.25) is 0 Å². The molecule has 0 radical (unpaired) electrons. The first-order chi connectivity index (χ1) is 11.8. The molecule has 7 heteroatoms. The number of amides is 1. The van der Waals surface area contributed by atoms with Gasteiger partial charge in [0.25, 0.3) is 5.91 Å². The summed E-state index contributed by atoms with van der Waals surface area (Å²) >= 11 is 0. The molecule has 0 aliphatic rings. The first kappa shape index (κ1) is 18.5. The molecular weight excluding hydrogens is 326 g/mol. The van der Waals surface area contributed by atoms with Gasteiger partial charge < -0.3 is 24.4 Å². The van der Waals surface area contributed by atoms with Gasteiger partial charge >= 0.3 is 5.63 Å². The number of hydrogen-bond donors (Lipinski definition) is 1. The Morgan fingerprint density at radius 1 is 1.36 bits per heavy atom. The monoisotopic (exact) mass is 346 g/mol. The molecule has 7 nitrogen and oxygen atoms in total. The number of fused-ring (bicyclic) bond motifs is 1. The van der Waals surface area contributed by atoms with Gasteiger partial charge in [-0.1, -0.05) is 6.92 Å². The van der Waals surface area contributed by atoms with Crippen LogP contribution in [0, 0.1) is 6.92 Å². The summed E-state index contributed by atoms with van der Waals surface area (Å²) in [5.74, 6) is -1.25. The Bertz CT molecular complexity index is 855. The van der Waals surface area contributed by atoms with Crippen molar-refractivity contribution in [2.24, 2.45) is 0 Å². The van der Waals surface area contributed by atoms with Crippen LogP contribution in [0.5, 0.6) is 5.75 Å². The molecule has 25 heavy (non-hydrogen) atoms. The number of aliphatic carboxylic acids is 1. The lowest BCUT2D eigenvalue weighted by molar-refractivity contribution is -0.305. The van der Waals surface area contributed by atoms with Crippen molar-refractivity contribution in [3.8, 4) is 5.75 Å². The largest absolute Gasteiger partial charge is 0.550 e. The van der Waals surface area contributed by atoms with E-state index in [1.807, 2.05) is 6.92 Å². The zero-order chi connectivity index (χ0) is 18.6. The minimum Gasteiger partial charge on any atom is -0.550 e. The highest BCUT2D eigenvalue weighted by atomic mass is 16.5. The predicted octanol–water partition coefficient (Wildman–Crippen LogP) is 0.687. The van der Waals surface area contributed by atoms with Crippen LogP contribution in [0.3, 0.4) is 0 Å². The van der Waals surface area contributed by atoms with Crippen molar-refractivity contribution in [1.29, 1.82) is 0 Å². The number of carboxylic acid groups (broad SMARTS) is 1. The molecule has 0 bridgehead atoms. The molecule has 1 aromatic carbocycles. The number of carbonyl (C=O) groups excluding carboxylic acids is 2. The molecule has 1 amide bonds. The van der Waals surface area contributed by atoms with E-state index in [1.54, 1.807) is 26.0 Å². The van der Waals surface area contributed by atoms with Gasteiger partial charge in [-0.3, -0.25) is 4.79 Å². The molecule has 0 saturated carbocycles. The molecule has 1 aromatic heterocycles. The van der Waals surface area contributed by atoms with E-state index in [0.717, 1.165) is 10.9 Å². The van der Waals surface area contributed by atoms with Gasteiger partial charge in [0, 0.05) is 36.0 Å². The molecule has 0 saturated heterocycles. The average Bonchev–Trinajstić information content (AvgIpc) is 2.56. The Kier molecular flexibility index (Phi) is 5.80. The SMILES string of the molecule is CCc1cc(=O)oc2c(C)c(O[C@@H](C)C(=O)NCCC(=O)[O-])ccc12. The zero-order valence-electron chi connectivity index (χ0n) is 14.4. The number of nitrogens with one attached hydrogen (secondary N) is 1. The van der Waals surface area contributed by atoms with Crippen molar-refractivity contribution in [2.75, 3.05) is 6.54 Å². The summed E-state index contributed by atoms with van der Waals surface area (Å²) in [6, 6.07) is 4.98. The summed E-state index contributed by atoms with van der Waals surface area (Å²) in [5.41, 5.74) is 1.51. The molecule has 1 heterocycles. The van der Waals surface area contributed by atoms with Crippen LogP contribution in [-0.4, -0.2) is 24.5 Å². The maximum Gasteiger partial charge on any atom is 0.336 e. The number of carbonyl (C=O) groups is 2. The van der Waals surface area contributed by atoms with Crippen LogP contribution in [0.15, 0.2) is 27.4 Å². The molecule has 0 aliphatic carbocycles. The Hall–Kier alpha value is -2.83. The highest BCUT2D eigenvalue weighted by Crippen LogP contribution is 2.29. The Balaban J connectivity index is 2.21. The minimum absolute atomic E-state index is 0.0275. The second kappa shape index (κ2) is 7.83. The van der Waals surface area contributed by atoms with E-state index < -0.39 is 23.6 Å². The topological polar surface area (TPSA) is 109 Å². The van der Waals surface area contributed by atoms with E-state index in [4.69, 9.17) is 9.15 Å². The van der Waals surface area contributed by atoms with Crippen LogP contribution in [0.1, 0.15) is 31.4 Å². The first-order valence-electron chi connectivity index (χ1n) is 8.04. The van der Waals surface area contributed by atoms with E-state index >= 15 is 0 Å². The van der Waals surface area contributed by atoms with Gasteiger partial charge in [-0.05, 0) is 38.0 Å². The maximum atomic E-state index is 11.9. The fraction of sp³-hybridized carbons (Fsp3) is 0.389. The lowest BCUT2D eigenvalue weighted by Gasteiger charge is -2.17. The quantitative estimate of drug-likeness (QED) is 0.739. The number of aryl methyl sites for hydroxylation is 2. The molecular formula is C18H20NO6-. The normalized spacial score (nSPS) is 12.0. The third-order valence-corrected chi connectivity index (χ3v) is 3.88. The summed E-state index contributed by atoms with van der Waals surface area (Å²) in [4.78, 5) is 34.0. The molecule has 2 aromatic rings. The van der Waals surface area contributed by atoms with Crippen LogP contribution in [0.25, 0.3) is 11.0 Å². The number of benzene rings is 1. The molecule has 0 fully saturated rings. The van der Waals surface area contributed by atoms with Gasteiger partial charge in [0.15, 0.2) is 6.10 Å². The Morgan fingerprint density at radius 2 is 2.08 bits per heavy atom. The molecule has 0 unspecified atom stereocenters. The summed E-state index contributed by atoms with van der Waals surface area (Å²) in [6.07, 6.45) is -0.406. The fourth-order valence-corrected chi connectivity index (χ4v) is 2.50. The van der Waals surface area contributed by atoms with Crippen LogP contribution in [0.4, 0.5) is 0 Å². The average molecular weight is 346 g/mol. The summed E-state index contributed by atoms with van der Waals surface area (Å²) < 4.78 is 10.9. The summed E-state index contributed by atoms with van der Waals surface area (Å²) in [6.45, 7) is 5.23. The smallest absolute Gasteiger partial charge is 0.336 e. The number of rotatable bonds is 7. The molecule has 0 aliphatic heterocycles. The standard InChI is InChI=1S/C18H21NO6/c1-4-12-9-16(22)25-17-10(2)14(6-5-13(12)17)24-11(3)18(23)19-8-7-15(20)21/h5-6,9,11H,4,7-8H2,1-3H3,(H,19,23)(H,20,21)/p-1/t11-/m0/s1. The molecule has 0 spiro atoms. The third kappa shape index (κ3) is 4.37. The van der Waals surface area contributed by atoms with Gasteiger partial charge in [-0.2, -0.15) is 0 Å². The van der Waals surface area contributed by atoms with Crippen molar-refractivity contribution in [3.63, 3.8) is 0 Å². The van der Waals surface area contributed by atoms with Gasteiger partial charge in [0.05, 0.1) is 0 Å². The van der Waals surface area contributed by atoms with E-state index in [2.05, 4.69) is 5.32 Å². The van der Waals surface area contributed by atoms with Gasteiger partial charge in [-0.15, -0.1) is 0 Å². The van der Waals surface area contributed by atoms with Crippen LogP contribution >= 0.6 is 0 Å². The highest BCUT2D eigenvalue weighted by Gasteiger charge is 2.17. The molecule has 1 N–H and O–H groups in total. The van der Waals surface area contributed by atoms with E-state index in [-0.39, 0.29) is 13.0 Å². The van der Waals surface area contributed by atoms with Crippen molar-refractivity contribution in [2.45, 2.75) is 39.7 Å². The number of hydrogen-bond acceptors (Lipinski definition) is 6. The van der Waals surface area contributed by atoms with E-state index in [9.17, 15) is 19.5 Å². The lowest BCUT2D eigenvalue weighted by Crippen LogP contribution is -2.38. The third-order valence-electron chi connectivity index (χ3n) is 3.88. The molecule has 134 valence electrons. The second-order valence-corrected chi connectivity index (χ2v) is 5.68. The first-order valence-corrected chi connectivity index (χ1v) is 8.04. The maximum absolute atomic E-state index is 11.9. The number of ether oxygens (including phenoxy) is 1. The predicted molar refractivity (Wildman–Crippen MR) is 89.3 cm³/mol. The van der Waals surface area contributed by atoms with Crippen LogP contribution in [-0.2, 0) is 16.0 Å². The van der Waals surface area contributed by atoms with Crippen LogP contribution in [0.2, 0.25) is 0 Å². The molecule has 1 atom stereocenters. The Labute approximate surface area is 144 Å². The Morgan fingerprint density at radius 3 is 2.72 bits per heavy atom. The van der Waals surface area contributed by atoms with E-state index in [0.29, 0.717) is 23.3 Å². The van der Waals surface area contributed by atoms with Crippen molar-refractivity contribution in [3.05, 3.63) is 39.7 Å². The second-order valence-electron chi connectivity index (χ2n) is 5.68. The van der Waals surface area contributed by atoms with Crippen molar-refractivity contribution >= 4 is 22.8 Å². The summed E-state index contributed by atoms with van der Waals surface area (Å²) in [7, 11) is 0. The molecule has 2 rings (SSSR count). The zero-order valence-corrected chi connectivity index (χ0v) is 14.4. The lowest BCUT2D eigenvalue weighted by atomic mass is 10.0. The fourth-order valence-electron chi connectivity index (χ4n) is 2.50. The minimum atomic E-state index is -1.24. The van der Waals surface area contributed by atoms with Crippen molar-refractivity contribution < 1.29 is 23.8 Å². The highest BCUT2D eigenvalue weighted by molar-refractivity contribution is 5.85.